The maximum Gasteiger partial charge on any atom is 0.0467 e. The van der Waals surface area contributed by atoms with E-state index in [0.29, 0.717) is 5.92 Å². The molecule has 1 fully saturated rings. The number of fused-ring (bicyclic) bond motifs is 3. The van der Waals surface area contributed by atoms with Gasteiger partial charge in [0.25, 0.3) is 0 Å². The molecule has 8 aromatic rings. The molecule has 1 nitrogen and oxygen atoms in total. The summed E-state index contributed by atoms with van der Waals surface area (Å²) in [6.45, 7) is 25.7. The Kier molecular flexibility index (Phi) is 12.2. The summed E-state index contributed by atoms with van der Waals surface area (Å²) in [5.41, 5.74) is 24.4. The Labute approximate surface area is 420 Å². The Bertz CT molecular complexity index is 3170. The fraction of sp³-hybridized carbons (Fsp3) is 0.304. The van der Waals surface area contributed by atoms with Crippen LogP contribution < -0.4 is 4.90 Å². The third-order valence-electron chi connectivity index (χ3n) is 15.7. The standard InChI is InChI=1S/C69H73N/c1-66(2,3)56-38-53(37-54(39-56)55-40-57(67(4,5)6)44-58(41-55)68(7,8)9)48-32-30-47(31-33-48)51-24-18-26-59(42-51)70(61-34-35-63-62-28-15-16-29-64(62)69(10,11)65(63)45-61)60-27-19-25-52(43-60)50-23-17-22-49(36-50)46-20-13-12-14-21-46/h15-19,22-46H,12-14,20-21H2,1-11H3. The summed E-state index contributed by atoms with van der Waals surface area (Å²) in [6, 6.07) is 67.6. The lowest BCUT2D eigenvalue weighted by atomic mass is 9.78. The van der Waals surface area contributed by atoms with E-state index in [2.05, 4.69) is 257 Å². The minimum atomic E-state index is -0.113. The summed E-state index contributed by atoms with van der Waals surface area (Å²) < 4.78 is 0. The average Bonchev–Trinajstić information content (AvgIpc) is 3.58. The Morgan fingerprint density at radius 2 is 0.814 bits per heavy atom. The van der Waals surface area contributed by atoms with Crippen LogP contribution in [0.15, 0.2) is 176 Å². The van der Waals surface area contributed by atoms with Crippen molar-refractivity contribution >= 4 is 17.1 Å². The van der Waals surface area contributed by atoms with Gasteiger partial charge in [-0.3, -0.25) is 0 Å². The molecule has 10 rings (SSSR count). The number of nitrogens with zero attached hydrogens (tertiary/aromatic N) is 1. The van der Waals surface area contributed by atoms with Crippen molar-refractivity contribution < 1.29 is 0 Å². The van der Waals surface area contributed by atoms with Gasteiger partial charge >= 0.3 is 0 Å². The quantitative estimate of drug-likeness (QED) is 0.147. The molecule has 0 unspecified atom stereocenters. The number of hydrogen-bond donors (Lipinski definition) is 0. The molecule has 0 heterocycles. The molecule has 2 aliphatic rings. The van der Waals surface area contributed by atoms with E-state index in [1.54, 1.807) is 0 Å². The number of benzene rings is 8. The van der Waals surface area contributed by atoms with E-state index in [9.17, 15) is 0 Å². The third-order valence-corrected chi connectivity index (χ3v) is 15.7. The van der Waals surface area contributed by atoms with Crippen molar-refractivity contribution in [2.24, 2.45) is 0 Å². The first kappa shape index (κ1) is 47.2. The summed E-state index contributed by atoms with van der Waals surface area (Å²) in [6.07, 6.45) is 6.63. The molecule has 8 aromatic carbocycles. The first-order chi connectivity index (χ1) is 33.3. The molecule has 0 aromatic heterocycles. The summed E-state index contributed by atoms with van der Waals surface area (Å²) in [7, 11) is 0. The van der Waals surface area contributed by atoms with Crippen LogP contribution in [0.5, 0.6) is 0 Å². The molecule has 0 radical (unpaired) electrons. The van der Waals surface area contributed by atoms with Crippen molar-refractivity contribution in [3.63, 3.8) is 0 Å². The highest BCUT2D eigenvalue weighted by Crippen LogP contribution is 2.51. The Hall–Kier alpha value is -6.44. The topological polar surface area (TPSA) is 3.24 Å². The SMILES string of the molecule is CC(C)(C)c1cc(-c2ccc(-c3cccc(N(c4cccc(-c5cccc(C6CCCCC6)c5)c4)c4ccc5c(c4)C(C)(C)c4ccccc4-5)c3)cc2)cc(-c2cc(C(C)(C)C)cc(C(C)(C)C)c2)c1. The van der Waals surface area contributed by atoms with Crippen molar-refractivity contribution in [3.05, 3.63) is 209 Å². The molecule has 1 saturated carbocycles. The number of hydrogen-bond acceptors (Lipinski definition) is 1. The maximum atomic E-state index is 2.48. The predicted molar refractivity (Wildman–Crippen MR) is 302 cm³/mol. The highest BCUT2D eigenvalue weighted by Gasteiger charge is 2.36. The molecule has 0 bridgehead atoms. The molecule has 70 heavy (non-hydrogen) atoms. The van der Waals surface area contributed by atoms with E-state index in [4.69, 9.17) is 0 Å². The molecule has 0 saturated heterocycles. The van der Waals surface area contributed by atoms with Gasteiger partial charge in [-0.25, -0.2) is 0 Å². The van der Waals surface area contributed by atoms with Crippen LogP contribution in [-0.2, 0) is 21.7 Å². The van der Waals surface area contributed by atoms with Gasteiger partial charge in [-0.05, 0) is 166 Å². The zero-order valence-electron chi connectivity index (χ0n) is 43.8. The van der Waals surface area contributed by atoms with Crippen LogP contribution >= 0.6 is 0 Å². The van der Waals surface area contributed by atoms with Gasteiger partial charge < -0.3 is 4.90 Å². The van der Waals surface area contributed by atoms with E-state index in [1.165, 1.54) is 121 Å². The van der Waals surface area contributed by atoms with Gasteiger partial charge in [0.05, 0.1) is 0 Å². The van der Waals surface area contributed by atoms with Crippen molar-refractivity contribution in [3.8, 4) is 55.6 Å². The predicted octanol–water partition coefficient (Wildman–Crippen LogP) is 20.1. The lowest BCUT2D eigenvalue weighted by molar-refractivity contribution is 0.444. The van der Waals surface area contributed by atoms with Gasteiger partial charge in [-0.15, -0.1) is 0 Å². The van der Waals surface area contributed by atoms with Crippen LogP contribution in [0.1, 0.15) is 148 Å². The first-order valence-electron chi connectivity index (χ1n) is 26.1. The molecule has 1 heteroatoms. The molecular weight excluding hydrogens is 843 g/mol. The largest absolute Gasteiger partial charge is 0.310 e. The van der Waals surface area contributed by atoms with Crippen LogP contribution in [0, 0.1) is 0 Å². The van der Waals surface area contributed by atoms with Crippen molar-refractivity contribution in [2.75, 3.05) is 4.90 Å². The third kappa shape index (κ3) is 9.33. The van der Waals surface area contributed by atoms with Gasteiger partial charge in [0, 0.05) is 22.5 Å². The number of rotatable bonds is 8. The summed E-state index contributed by atoms with van der Waals surface area (Å²) in [4.78, 5) is 2.48. The zero-order valence-corrected chi connectivity index (χ0v) is 43.8. The molecule has 354 valence electrons. The molecule has 0 spiro atoms. The fourth-order valence-corrected chi connectivity index (χ4v) is 11.2. The smallest absolute Gasteiger partial charge is 0.0467 e. The van der Waals surface area contributed by atoms with Crippen LogP contribution in [0.25, 0.3) is 55.6 Å². The fourth-order valence-electron chi connectivity index (χ4n) is 11.2. The van der Waals surface area contributed by atoms with Gasteiger partial charge in [0.1, 0.15) is 0 Å². The Morgan fingerprint density at radius 1 is 0.357 bits per heavy atom. The summed E-state index contributed by atoms with van der Waals surface area (Å²) in [5, 5.41) is 0. The second kappa shape index (κ2) is 18.1. The highest BCUT2D eigenvalue weighted by atomic mass is 15.1. The van der Waals surface area contributed by atoms with Crippen molar-refractivity contribution in [2.45, 2.75) is 136 Å². The lowest BCUT2D eigenvalue weighted by Gasteiger charge is -2.29. The molecule has 0 aliphatic heterocycles. The van der Waals surface area contributed by atoms with Gasteiger partial charge in [0.2, 0.25) is 0 Å². The average molecular weight is 916 g/mol. The van der Waals surface area contributed by atoms with Crippen molar-refractivity contribution in [1.29, 1.82) is 0 Å². The molecular formula is C69H73N. The van der Waals surface area contributed by atoms with E-state index in [-0.39, 0.29) is 21.7 Å². The van der Waals surface area contributed by atoms with Gasteiger partial charge in [0.15, 0.2) is 0 Å². The minimum absolute atomic E-state index is 0.0113. The van der Waals surface area contributed by atoms with E-state index in [0.717, 1.165) is 17.1 Å². The molecule has 0 atom stereocenters. The second-order valence-electron chi connectivity index (χ2n) is 24.2. The van der Waals surface area contributed by atoms with E-state index in [1.807, 2.05) is 0 Å². The monoisotopic (exact) mass is 916 g/mol. The van der Waals surface area contributed by atoms with Gasteiger partial charge in [-0.2, -0.15) is 0 Å². The first-order valence-corrected chi connectivity index (χ1v) is 26.1. The van der Waals surface area contributed by atoms with Crippen LogP contribution in [0.2, 0.25) is 0 Å². The van der Waals surface area contributed by atoms with Crippen LogP contribution in [-0.4, -0.2) is 0 Å². The minimum Gasteiger partial charge on any atom is -0.310 e. The molecule has 2 aliphatic carbocycles. The zero-order chi connectivity index (χ0) is 49.2. The highest BCUT2D eigenvalue weighted by molar-refractivity contribution is 5.88. The van der Waals surface area contributed by atoms with Gasteiger partial charge in [-0.1, -0.05) is 229 Å². The summed E-state index contributed by atoms with van der Waals surface area (Å²) >= 11 is 0. The van der Waals surface area contributed by atoms with E-state index >= 15 is 0 Å². The maximum absolute atomic E-state index is 2.48. The lowest BCUT2D eigenvalue weighted by Crippen LogP contribution is -2.16. The Morgan fingerprint density at radius 3 is 1.40 bits per heavy atom. The Balaban J connectivity index is 1.04. The molecule has 0 N–H and O–H groups in total. The molecule has 0 amide bonds. The summed E-state index contributed by atoms with van der Waals surface area (Å²) in [5.74, 6) is 0.660. The van der Waals surface area contributed by atoms with Crippen LogP contribution in [0.3, 0.4) is 0 Å². The van der Waals surface area contributed by atoms with E-state index < -0.39 is 0 Å². The second-order valence-corrected chi connectivity index (χ2v) is 24.2. The van der Waals surface area contributed by atoms with Crippen LogP contribution in [0.4, 0.5) is 17.1 Å². The number of anilines is 3. The van der Waals surface area contributed by atoms with Crippen molar-refractivity contribution in [1.82, 2.24) is 0 Å². The normalized spacial score (nSPS) is 14.8.